The molecule has 2 nitrogen and oxygen atoms in total. The fraction of sp³-hybridized carbons (Fsp3) is 0.870. The van der Waals surface area contributed by atoms with E-state index in [1.165, 1.54) is 12.8 Å². The quantitative estimate of drug-likeness (QED) is 0.181. The molecule has 0 bridgehead atoms. The van der Waals surface area contributed by atoms with E-state index in [-0.39, 0.29) is 12.0 Å². The van der Waals surface area contributed by atoms with E-state index in [0.29, 0.717) is 30.5 Å². The van der Waals surface area contributed by atoms with Crippen LogP contribution < -0.4 is 0 Å². The van der Waals surface area contributed by atoms with Crippen LogP contribution in [0.3, 0.4) is 0 Å². The number of carbonyl (C=O) groups is 1. The van der Waals surface area contributed by atoms with Crippen molar-refractivity contribution in [3.05, 3.63) is 12.2 Å². The van der Waals surface area contributed by atoms with Gasteiger partial charge in [0.1, 0.15) is 18.1 Å². The van der Waals surface area contributed by atoms with Crippen LogP contribution in [0.4, 0.5) is 4.39 Å². The van der Waals surface area contributed by atoms with Gasteiger partial charge in [-0.05, 0) is 43.9 Å². The maximum atomic E-state index is 14.7. The predicted molar refractivity (Wildman–Crippen MR) is 115 cm³/mol. The molecule has 1 aliphatic rings. The normalized spacial score (nSPS) is 25.3. The number of ketones is 1. The summed E-state index contributed by atoms with van der Waals surface area (Å²) in [5.41, 5.74) is 0. The van der Waals surface area contributed by atoms with Crippen molar-refractivity contribution < 1.29 is 13.6 Å². The number of carbonyl (C=O) groups excluding carboxylic acids is 1. The van der Waals surface area contributed by atoms with Crippen LogP contribution in [-0.2, 0) is 9.22 Å². The van der Waals surface area contributed by atoms with Gasteiger partial charge in [0.05, 0.1) is 13.1 Å². The topological polar surface area (TPSA) is 26.3 Å². The van der Waals surface area contributed by atoms with Crippen molar-refractivity contribution in [3.63, 3.8) is 0 Å². The third-order valence-electron chi connectivity index (χ3n) is 5.87. The van der Waals surface area contributed by atoms with E-state index in [2.05, 4.69) is 46.0 Å². The number of allylic oxidation sites excluding steroid dienone is 2. The summed E-state index contributed by atoms with van der Waals surface area (Å²) in [6.45, 7) is 10.6. The minimum Gasteiger partial charge on any atom is -0.299 e. The van der Waals surface area contributed by atoms with E-state index >= 15 is 0 Å². The molecule has 0 amide bonds. The molecular formula is C23H42FO2Si+. The maximum Gasteiger partial charge on any atom is 0.467 e. The number of rotatable bonds is 14. The van der Waals surface area contributed by atoms with Gasteiger partial charge >= 0.3 is 9.04 Å². The molecule has 0 aromatic heterocycles. The highest BCUT2D eigenvalue weighted by Crippen LogP contribution is 2.40. The lowest BCUT2D eigenvalue weighted by Crippen LogP contribution is -2.31. The summed E-state index contributed by atoms with van der Waals surface area (Å²) in [6.07, 6.45) is 12.5. The number of alkyl halides is 1. The van der Waals surface area contributed by atoms with Crippen LogP contribution in [0.25, 0.3) is 0 Å². The standard InChI is InChI=1S/C23H42FO2Si/c1-6-8-10-11-12-13-20-19(18(3)17-22(20)25)15-16-23(26-27(4)5)21(24)14-9-7-2/h11-12,18-21,23H,6-10,13-17H2,1-5H3/q+1/b12-11-/t18?,19-,20?,21?,23?/m0/s1. The summed E-state index contributed by atoms with van der Waals surface area (Å²) in [7, 11) is -0.925. The fourth-order valence-electron chi connectivity index (χ4n) is 4.29. The first-order valence-electron chi connectivity index (χ1n) is 11.2. The minimum atomic E-state index is -0.925. The first-order valence-corrected chi connectivity index (χ1v) is 13.6. The second-order valence-corrected chi connectivity index (χ2v) is 10.6. The summed E-state index contributed by atoms with van der Waals surface area (Å²) < 4.78 is 20.7. The van der Waals surface area contributed by atoms with E-state index in [9.17, 15) is 9.18 Å². The Kier molecular flexibility index (Phi) is 12.4. The van der Waals surface area contributed by atoms with Crippen molar-refractivity contribution >= 4 is 14.8 Å². The maximum absolute atomic E-state index is 14.7. The first kappa shape index (κ1) is 24.6. The Morgan fingerprint density at radius 3 is 2.52 bits per heavy atom. The number of Topliss-reactive ketones (excluding diaryl/α,β-unsaturated/α-hetero) is 1. The Morgan fingerprint density at radius 2 is 1.89 bits per heavy atom. The van der Waals surface area contributed by atoms with Crippen molar-refractivity contribution in [2.24, 2.45) is 17.8 Å². The molecule has 1 saturated carbocycles. The van der Waals surface area contributed by atoms with Gasteiger partial charge in [-0.2, -0.15) is 0 Å². The van der Waals surface area contributed by atoms with E-state index in [4.69, 9.17) is 4.43 Å². The molecule has 0 aromatic carbocycles. The van der Waals surface area contributed by atoms with Crippen LogP contribution in [0.1, 0.15) is 85.0 Å². The highest BCUT2D eigenvalue weighted by atomic mass is 28.3. The number of hydrogen-bond donors (Lipinski definition) is 0. The number of unbranched alkanes of at least 4 members (excludes halogenated alkanes) is 3. The molecule has 0 saturated heterocycles. The lowest BCUT2D eigenvalue weighted by molar-refractivity contribution is -0.121. The highest BCUT2D eigenvalue weighted by Gasteiger charge is 2.40. The molecule has 4 unspecified atom stereocenters. The van der Waals surface area contributed by atoms with E-state index in [0.717, 1.165) is 38.5 Å². The van der Waals surface area contributed by atoms with Crippen LogP contribution in [0.5, 0.6) is 0 Å². The largest absolute Gasteiger partial charge is 0.467 e. The predicted octanol–water partition coefficient (Wildman–Crippen LogP) is 6.91. The number of hydrogen-bond acceptors (Lipinski definition) is 2. The van der Waals surface area contributed by atoms with Crippen molar-refractivity contribution in [2.75, 3.05) is 0 Å². The van der Waals surface area contributed by atoms with E-state index in [1.54, 1.807) is 0 Å². The smallest absolute Gasteiger partial charge is 0.299 e. The van der Waals surface area contributed by atoms with Crippen LogP contribution in [0.15, 0.2) is 12.2 Å². The molecule has 4 heteroatoms. The van der Waals surface area contributed by atoms with Gasteiger partial charge in [-0.3, -0.25) is 4.79 Å². The van der Waals surface area contributed by atoms with Gasteiger partial charge in [0.15, 0.2) is 0 Å². The number of halogens is 1. The molecule has 0 heterocycles. The molecule has 0 aliphatic heterocycles. The SMILES string of the molecule is CCCC/C=C\CC1C(=O)CC(C)[C@@H]1CCC(O[Si+](C)C)C(F)CCCC. The summed E-state index contributed by atoms with van der Waals surface area (Å²) in [4.78, 5) is 12.5. The molecule has 5 atom stereocenters. The average molecular weight is 398 g/mol. The van der Waals surface area contributed by atoms with Crippen LogP contribution in [-0.4, -0.2) is 27.1 Å². The lowest BCUT2D eigenvalue weighted by atomic mass is 9.83. The molecule has 0 radical (unpaired) electrons. The van der Waals surface area contributed by atoms with Crippen LogP contribution in [0.2, 0.25) is 13.1 Å². The molecule has 1 fully saturated rings. The second kappa shape index (κ2) is 13.7. The average Bonchev–Trinajstić information content (AvgIpc) is 2.89. The summed E-state index contributed by atoms with van der Waals surface area (Å²) in [6, 6.07) is 0. The zero-order valence-corrected chi connectivity index (χ0v) is 19.3. The highest BCUT2D eigenvalue weighted by molar-refractivity contribution is 6.48. The molecule has 0 spiro atoms. The molecule has 0 aromatic rings. The van der Waals surface area contributed by atoms with Crippen molar-refractivity contribution in [3.8, 4) is 0 Å². The molecule has 0 N–H and O–H groups in total. The Morgan fingerprint density at radius 1 is 1.19 bits per heavy atom. The fourth-order valence-corrected chi connectivity index (χ4v) is 5.16. The zero-order chi connectivity index (χ0) is 20.2. The van der Waals surface area contributed by atoms with Gasteiger partial charge in [-0.15, -0.1) is 0 Å². The monoisotopic (exact) mass is 397 g/mol. The van der Waals surface area contributed by atoms with Gasteiger partial charge in [-0.1, -0.05) is 58.6 Å². The van der Waals surface area contributed by atoms with E-state index in [1.807, 2.05) is 0 Å². The Hall–Kier alpha value is -0.483. The summed E-state index contributed by atoms with van der Waals surface area (Å²) in [5, 5.41) is 0. The third-order valence-corrected chi connectivity index (χ3v) is 6.65. The summed E-state index contributed by atoms with van der Waals surface area (Å²) >= 11 is 0. The van der Waals surface area contributed by atoms with Gasteiger partial charge < -0.3 is 0 Å². The Balaban J connectivity index is 2.63. The Bertz CT molecular complexity index is 438. The third kappa shape index (κ3) is 9.04. The van der Waals surface area contributed by atoms with Gasteiger partial charge in [0, 0.05) is 12.3 Å². The van der Waals surface area contributed by atoms with Gasteiger partial charge in [0.2, 0.25) is 0 Å². The van der Waals surface area contributed by atoms with E-state index < -0.39 is 15.2 Å². The van der Waals surface area contributed by atoms with Crippen LogP contribution in [0, 0.1) is 17.8 Å². The Labute approximate surface area is 169 Å². The van der Waals surface area contributed by atoms with Crippen molar-refractivity contribution in [1.29, 1.82) is 0 Å². The molecule has 156 valence electrons. The molecule has 27 heavy (non-hydrogen) atoms. The lowest BCUT2D eigenvalue weighted by Gasteiger charge is -2.24. The van der Waals surface area contributed by atoms with Gasteiger partial charge in [0.25, 0.3) is 0 Å². The van der Waals surface area contributed by atoms with Crippen molar-refractivity contribution in [2.45, 2.75) is 110 Å². The van der Waals surface area contributed by atoms with Gasteiger partial charge in [-0.25, -0.2) is 8.82 Å². The first-order chi connectivity index (χ1) is 12.9. The minimum absolute atomic E-state index is 0.125. The zero-order valence-electron chi connectivity index (χ0n) is 18.3. The molecule has 1 rings (SSSR count). The second-order valence-electron chi connectivity index (χ2n) is 8.57. The van der Waals surface area contributed by atoms with Crippen molar-refractivity contribution in [1.82, 2.24) is 0 Å². The molecular weight excluding hydrogens is 355 g/mol. The molecule has 1 aliphatic carbocycles. The summed E-state index contributed by atoms with van der Waals surface area (Å²) in [5.74, 6) is 1.32. The van der Waals surface area contributed by atoms with Crippen LogP contribution >= 0.6 is 0 Å².